The van der Waals surface area contributed by atoms with Gasteiger partial charge in [-0.15, -0.1) is 11.3 Å². The van der Waals surface area contributed by atoms with E-state index in [0.717, 1.165) is 34.0 Å². The predicted octanol–water partition coefficient (Wildman–Crippen LogP) is 4.76. The summed E-state index contributed by atoms with van der Waals surface area (Å²) in [4.78, 5) is 25.9. The molecule has 3 aromatic rings. The average Bonchev–Trinajstić information content (AvgIpc) is 3.28. The lowest BCUT2D eigenvalue weighted by Gasteiger charge is -2.10. The Morgan fingerprint density at radius 2 is 1.59 bits per heavy atom. The van der Waals surface area contributed by atoms with Crippen LogP contribution in [0.1, 0.15) is 33.6 Å². The maximum atomic E-state index is 12.9. The standard InChI is InChI=1S/C21H21N3O2S/c1-13-14(2)27-21(24-11-3-4-12-24)18(13)20(26)23-17-9-7-16(8-10-17)22-19(25)15-5-6-15/h3-4,7-12,15H,5-6H2,1-2H3,(H,22,25)(H,23,26). The minimum absolute atomic E-state index is 0.0764. The lowest BCUT2D eigenvalue weighted by Crippen LogP contribution is -2.15. The van der Waals surface area contributed by atoms with Gasteiger partial charge in [-0.3, -0.25) is 9.59 Å². The fraction of sp³-hybridized carbons (Fsp3) is 0.238. The molecule has 2 amide bonds. The van der Waals surface area contributed by atoms with Crippen LogP contribution in [0.25, 0.3) is 5.00 Å². The molecule has 0 atom stereocenters. The van der Waals surface area contributed by atoms with E-state index in [9.17, 15) is 9.59 Å². The van der Waals surface area contributed by atoms with Gasteiger partial charge in [-0.2, -0.15) is 0 Å². The van der Waals surface area contributed by atoms with Crippen molar-refractivity contribution in [3.05, 3.63) is 64.8 Å². The van der Waals surface area contributed by atoms with Gasteiger partial charge in [0.15, 0.2) is 0 Å². The van der Waals surface area contributed by atoms with Crippen molar-refractivity contribution in [3.8, 4) is 5.00 Å². The number of nitrogens with zero attached hydrogens (tertiary/aromatic N) is 1. The van der Waals surface area contributed by atoms with Gasteiger partial charge in [-0.1, -0.05) is 0 Å². The summed E-state index contributed by atoms with van der Waals surface area (Å²) in [6, 6.07) is 11.1. The molecule has 0 saturated heterocycles. The SMILES string of the molecule is Cc1sc(-n2cccc2)c(C(=O)Nc2ccc(NC(=O)C3CC3)cc2)c1C. The van der Waals surface area contributed by atoms with Crippen molar-refractivity contribution < 1.29 is 9.59 Å². The first kappa shape index (κ1) is 17.5. The smallest absolute Gasteiger partial charge is 0.258 e. The summed E-state index contributed by atoms with van der Waals surface area (Å²) in [6.07, 6.45) is 5.84. The number of nitrogens with one attached hydrogen (secondary N) is 2. The number of thiophene rings is 1. The van der Waals surface area contributed by atoms with Crippen LogP contribution < -0.4 is 10.6 Å². The van der Waals surface area contributed by atoms with Crippen molar-refractivity contribution in [1.82, 2.24) is 4.57 Å². The van der Waals surface area contributed by atoms with E-state index >= 15 is 0 Å². The highest BCUT2D eigenvalue weighted by Gasteiger charge is 2.29. The largest absolute Gasteiger partial charge is 0.326 e. The highest BCUT2D eigenvalue weighted by atomic mass is 32.1. The number of benzene rings is 1. The Kier molecular flexibility index (Phi) is 4.58. The van der Waals surface area contributed by atoms with E-state index in [0.29, 0.717) is 11.3 Å². The first-order valence-electron chi connectivity index (χ1n) is 8.98. The van der Waals surface area contributed by atoms with Crippen molar-refractivity contribution in [2.75, 3.05) is 10.6 Å². The topological polar surface area (TPSA) is 63.1 Å². The first-order chi connectivity index (χ1) is 13.0. The van der Waals surface area contributed by atoms with E-state index < -0.39 is 0 Å². The zero-order chi connectivity index (χ0) is 19.0. The second-order valence-electron chi connectivity index (χ2n) is 6.85. The second kappa shape index (κ2) is 7.04. The number of rotatable bonds is 5. The predicted molar refractivity (Wildman–Crippen MR) is 109 cm³/mol. The van der Waals surface area contributed by atoms with E-state index in [1.807, 2.05) is 67.2 Å². The summed E-state index contributed by atoms with van der Waals surface area (Å²) in [6.45, 7) is 4.01. The summed E-state index contributed by atoms with van der Waals surface area (Å²) in [7, 11) is 0. The van der Waals surface area contributed by atoms with Gasteiger partial charge in [0, 0.05) is 34.6 Å². The van der Waals surface area contributed by atoms with E-state index in [2.05, 4.69) is 10.6 Å². The molecule has 1 fully saturated rings. The van der Waals surface area contributed by atoms with Crippen LogP contribution in [-0.4, -0.2) is 16.4 Å². The quantitative estimate of drug-likeness (QED) is 0.671. The summed E-state index contributed by atoms with van der Waals surface area (Å²) in [5, 5.41) is 6.79. The van der Waals surface area contributed by atoms with Crippen LogP contribution in [-0.2, 0) is 4.79 Å². The van der Waals surface area contributed by atoms with Gasteiger partial charge in [-0.25, -0.2) is 0 Å². The number of carbonyl (C=O) groups is 2. The molecule has 4 rings (SSSR count). The van der Waals surface area contributed by atoms with Crippen LogP contribution in [0.5, 0.6) is 0 Å². The molecule has 0 radical (unpaired) electrons. The van der Waals surface area contributed by atoms with Crippen LogP contribution in [0, 0.1) is 19.8 Å². The Bertz CT molecular complexity index is 983. The fourth-order valence-corrected chi connectivity index (χ4v) is 4.07. The van der Waals surface area contributed by atoms with Crippen molar-refractivity contribution in [1.29, 1.82) is 0 Å². The van der Waals surface area contributed by atoms with Crippen LogP contribution in [0.15, 0.2) is 48.8 Å². The minimum Gasteiger partial charge on any atom is -0.326 e. The van der Waals surface area contributed by atoms with Crippen LogP contribution >= 0.6 is 11.3 Å². The molecule has 27 heavy (non-hydrogen) atoms. The van der Waals surface area contributed by atoms with Gasteiger partial charge in [0.05, 0.1) is 5.56 Å². The van der Waals surface area contributed by atoms with Crippen molar-refractivity contribution >= 4 is 34.5 Å². The summed E-state index contributed by atoms with van der Waals surface area (Å²) >= 11 is 1.61. The molecule has 1 saturated carbocycles. The normalized spacial score (nSPS) is 13.4. The lowest BCUT2D eigenvalue weighted by atomic mass is 10.1. The third kappa shape index (κ3) is 3.66. The Hall–Kier alpha value is -2.86. The zero-order valence-corrected chi connectivity index (χ0v) is 16.1. The molecule has 1 aliphatic carbocycles. The molecule has 5 nitrogen and oxygen atoms in total. The van der Waals surface area contributed by atoms with E-state index in [-0.39, 0.29) is 17.7 Å². The molecule has 2 aromatic heterocycles. The Labute approximate surface area is 162 Å². The molecule has 0 spiro atoms. The Morgan fingerprint density at radius 3 is 2.19 bits per heavy atom. The lowest BCUT2D eigenvalue weighted by molar-refractivity contribution is -0.117. The molecule has 2 N–H and O–H groups in total. The number of aryl methyl sites for hydroxylation is 1. The van der Waals surface area contributed by atoms with Crippen LogP contribution in [0.3, 0.4) is 0 Å². The molecule has 2 heterocycles. The Morgan fingerprint density at radius 1 is 1.00 bits per heavy atom. The molecule has 0 bridgehead atoms. The van der Waals surface area contributed by atoms with E-state index in [1.165, 1.54) is 0 Å². The number of hydrogen-bond donors (Lipinski definition) is 2. The fourth-order valence-electron chi connectivity index (χ4n) is 2.95. The van der Waals surface area contributed by atoms with Gasteiger partial charge < -0.3 is 15.2 Å². The number of carbonyl (C=O) groups excluding carboxylic acids is 2. The summed E-state index contributed by atoms with van der Waals surface area (Å²) < 4.78 is 1.97. The number of amides is 2. The maximum absolute atomic E-state index is 12.9. The maximum Gasteiger partial charge on any atom is 0.258 e. The molecule has 1 aromatic carbocycles. The van der Waals surface area contributed by atoms with Gasteiger partial charge in [0.25, 0.3) is 5.91 Å². The summed E-state index contributed by atoms with van der Waals surface area (Å²) in [5.74, 6) is 0.115. The number of aromatic nitrogens is 1. The van der Waals surface area contributed by atoms with E-state index in [1.54, 1.807) is 11.3 Å². The molecule has 138 valence electrons. The van der Waals surface area contributed by atoms with E-state index in [4.69, 9.17) is 0 Å². The van der Waals surface area contributed by atoms with Crippen LogP contribution in [0.2, 0.25) is 0 Å². The molecule has 6 heteroatoms. The molecule has 0 aliphatic heterocycles. The third-order valence-corrected chi connectivity index (χ3v) is 6.01. The minimum atomic E-state index is -0.129. The monoisotopic (exact) mass is 379 g/mol. The van der Waals surface area contributed by atoms with Crippen molar-refractivity contribution in [2.24, 2.45) is 5.92 Å². The van der Waals surface area contributed by atoms with Gasteiger partial charge >= 0.3 is 0 Å². The highest BCUT2D eigenvalue weighted by Crippen LogP contribution is 2.32. The molecular formula is C21H21N3O2S. The molecule has 1 aliphatic rings. The molecule has 0 unspecified atom stereocenters. The first-order valence-corrected chi connectivity index (χ1v) is 9.80. The zero-order valence-electron chi connectivity index (χ0n) is 15.3. The average molecular weight is 379 g/mol. The number of hydrogen-bond acceptors (Lipinski definition) is 3. The Balaban J connectivity index is 1.52. The second-order valence-corrected chi connectivity index (χ2v) is 8.05. The van der Waals surface area contributed by atoms with Crippen molar-refractivity contribution in [2.45, 2.75) is 26.7 Å². The molecular weight excluding hydrogens is 358 g/mol. The van der Waals surface area contributed by atoms with Gasteiger partial charge in [-0.05, 0) is 68.7 Å². The van der Waals surface area contributed by atoms with Gasteiger partial charge in [0.2, 0.25) is 5.91 Å². The van der Waals surface area contributed by atoms with Gasteiger partial charge in [0.1, 0.15) is 5.00 Å². The number of anilines is 2. The summed E-state index contributed by atoms with van der Waals surface area (Å²) in [5.41, 5.74) is 3.14. The highest BCUT2D eigenvalue weighted by molar-refractivity contribution is 7.15. The third-order valence-electron chi connectivity index (χ3n) is 4.79. The van der Waals surface area contributed by atoms with Crippen LogP contribution in [0.4, 0.5) is 11.4 Å². The van der Waals surface area contributed by atoms with Crippen molar-refractivity contribution in [3.63, 3.8) is 0 Å².